The average molecular weight is 492 g/mol. The third kappa shape index (κ3) is 7.46. The molecule has 0 unspecified atom stereocenters. The largest absolute Gasteiger partial charge is 0.388 e. The highest BCUT2D eigenvalue weighted by Crippen LogP contribution is 2.27. The molecule has 1 amide bonds. The van der Waals surface area contributed by atoms with Crippen molar-refractivity contribution in [3.63, 3.8) is 0 Å². The van der Waals surface area contributed by atoms with Crippen LogP contribution in [0.4, 0.5) is 0 Å². The van der Waals surface area contributed by atoms with Gasteiger partial charge >= 0.3 is 0 Å². The highest BCUT2D eigenvalue weighted by atomic mass is 16.7. The highest BCUT2D eigenvalue weighted by molar-refractivity contribution is 5.73. The van der Waals surface area contributed by atoms with E-state index in [9.17, 15) is 9.90 Å². The lowest BCUT2D eigenvalue weighted by Gasteiger charge is -2.44. The molecular formula is C29H33NO6. The van der Waals surface area contributed by atoms with Crippen LogP contribution in [0, 0.1) is 0 Å². The molecular weight excluding hydrogens is 458 g/mol. The van der Waals surface area contributed by atoms with Crippen molar-refractivity contribution in [3.05, 3.63) is 108 Å². The molecule has 2 N–H and O–H groups in total. The summed E-state index contributed by atoms with van der Waals surface area (Å²) in [5.74, 6) is -0.295. The van der Waals surface area contributed by atoms with Gasteiger partial charge in [0.1, 0.15) is 24.4 Å². The zero-order valence-electron chi connectivity index (χ0n) is 20.4. The molecule has 0 bridgehead atoms. The van der Waals surface area contributed by atoms with Gasteiger partial charge in [-0.3, -0.25) is 4.79 Å². The molecule has 0 aromatic heterocycles. The van der Waals surface area contributed by atoms with E-state index in [1.807, 2.05) is 91.0 Å². The van der Waals surface area contributed by atoms with E-state index in [4.69, 9.17) is 18.9 Å². The van der Waals surface area contributed by atoms with Crippen LogP contribution in [0.15, 0.2) is 91.0 Å². The molecule has 5 atom stereocenters. The summed E-state index contributed by atoms with van der Waals surface area (Å²) < 4.78 is 24.5. The van der Waals surface area contributed by atoms with E-state index < -0.39 is 30.6 Å². The zero-order valence-corrected chi connectivity index (χ0v) is 20.4. The van der Waals surface area contributed by atoms with E-state index in [-0.39, 0.29) is 25.7 Å². The van der Waals surface area contributed by atoms with Gasteiger partial charge in [-0.25, -0.2) is 0 Å². The molecule has 0 saturated carbocycles. The van der Waals surface area contributed by atoms with E-state index in [2.05, 4.69) is 5.32 Å². The van der Waals surface area contributed by atoms with Gasteiger partial charge < -0.3 is 29.4 Å². The lowest BCUT2D eigenvalue weighted by Crippen LogP contribution is -2.65. The first-order valence-electron chi connectivity index (χ1n) is 12.1. The summed E-state index contributed by atoms with van der Waals surface area (Å²) in [6, 6.07) is 28.4. The molecule has 0 spiro atoms. The number of carbonyl (C=O) groups excluding carboxylic acids is 1. The standard InChI is InChI=1S/C29H33NO6/c1-21(31)30-26-27(32)28(34-18-23-13-7-3-8-14-23)25(20-33-17-22-11-5-2-6-12-22)36-29(26)35-19-24-15-9-4-10-16-24/h2-16,25-29,32H,17-20H2,1H3,(H,30,31)/t25-,26-,27-,28-,29+/m1/s1. The molecule has 0 radical (unpaired) electrons. The summed E-state index contributed by atoms with van der Waals surface area (Å²) in [6.07, 6.45) is -3.31. The van der Waals surface area contributed by atoms with Gasteiger partial charge in [0, 0.05) is 6.92 Å². The molecule has 3 aromatic carbocycles. The van der Waals surface area contributed by atoms with Crippen LogP contribution < -0.4 is 5.32 Å². The Kier molecular flexibility index (Phi) is 9.61. The van der Waals surface area contributed by atoms with Gasteiger partial charge in [-0.1, -0.05) is 91.0 Å². The monoisotopic (exact) mass is 491 g/mol. The van der Waals surface area contributed by atoms with E-state index in [0.717, 1.165) is 16.7 Å². The SMILES string of the molecule is CC(=O)N[C@H]1[C@@H](OCc2ccccc2)O[C@H](COCc2ccccc2)[C@@H](OCc2ccccc2)[C@@H]1O. The predicted octanol–water partition coefficient (Wildman–Crippen LogP) is 3.60. The Bertz CT molecular complexity index is 1050. The maximum absolute atomic E-state index is 12.0. The Labute approximate surface area is 212 Å². The van der Waals surface area contributed by atoms with Crippen molar-refractivity contribution in [1.82, 2.24) is 5.32 Å². The van der Waals surface area contributed by atoms with Crippen molar-refractivity contribution in [2.24, 2.45) is 0 Å². The number of benzene rings is 3. The summed E-state index contributed by atoms with van der Waals surface area (Å²) in [4.78, 5) is 12.0. The Morgan fingerprint density at radius 2 is 1.31 bits per heavy atom. The molecule has 1 aliphatic heterocycles. The Morgan fingerprint density at radius 1 is 0.806 bits per heavy atom. The molecule has 7 nitrogen and oxygen atoms in total. The van der Waals surface area contributed by atoms with E-state index >= 15 is 0 Å². The first-order chi connectivity index (χ1) is 17.6. The number of nitrogens with one attached hydrogen (secondary N) is 1. The van der Waals surface area contributed by atoms with Crippen LogP contribution >= 0.6 is 0 Å². The topological polar surface area (TPSA) is 86.3 Å². The molecule has 1 heterocycles. The van der Waals surface area contributed by atoms with E-state index in [0.29, 0.717) is 6.61 Å². The molecule has 3 aromatic rings. The minimum atomic E-state index is -1.07. The van der Waals surface area contributed by atoms with Gasteiger partial charge in [0.15, 0.2) is 6.29 Å². The highest BCUT2D eigenvalue weighted by Gasteiger charge is 2.47. The minimum absolute atomic E-state index is 0.184. The van der Waals surface area contributed by atoms with Crippen molar-refractivity contribution in [2.75, 3.05) is 6.61 Å². The van der Waals surface area contributed by atoms with E-state index in [1.165, 1.54) is 6.92 Å². The summed E-state index contributed by atoms with van der Waals surface area (Å²) in [6.45, 7) is 2.52. The third-order valence-electron chi connectivity index (χ3n) is 5.98. The molecule has 190 valence electrons. The van der Waals surface area contributed by atoms with Crippen molar-refractivity contribution in [1.29, 1.82) is 0 Å². The summed E-state index contributed by atoms with van der Waals surface area (Å²) >= 11 is 0. The van der Waals surface area contributed by atoms with Crippen molar-refractivity contribution in [2.45, 2.75) is 57.4 Å². The van der Waals surface area contributed by atoms with Crippen LogP contribution in [0.5, 0.6) is 0 Å². The minimum Gasteiger partial charge on any atom is -0.388 e. The smallest absolute Gasteiger partial charge is 0.217 e. The van der Waals surface area contributed by atoms with Crippen LogP contribution in [0.2, 0.25) is 0 Å². The molecule has 7 heteroatoms. The van der Waals surface area contributed by atoms with Gasteiger partial charge in [0.05, 0.1) is 26.4 Å². The van der Waals surface area contributed by atoms with E-state index in [1.54, 1.807) is 0 Å². The summed E-state index contributed by atoms with van der Waals surface area (Å²) in [5, 5.41) is 14.1. The molecule has 1 fully saturated rings. The second kappa shape index (κ2) is 13.3. The Balaban J connectivity index is 1.49. The van der Waals surface area contributed by atoms with Crippen LogP contribution in [0.25, 0.3) is 0 Å². The second-order valence-electron chi connectivity index (χ2n) is 8.82. The van der Waals surface area contributed by atoms with Crippen LogP contribution in [0.1, 0.15) is 23.6 Å². The first-order valence-corrected chi connectivity index (χ1v) is 12.1. The maximum atomic E-state index is 12.0. The molecule has 1 saturated heterocycles. The van der Waals surface area contributed by atoms with Crippen LogP contribution in [-0.4, -0.2) is 48.3 Å². The average Bonchev–Trinajstić information content (AvgIpc) is 2.90. The number of amides is 1. The fourth-order valence-corrected chi connectivity index (χ4v) is 4.18. The fourth-order valence-electron chi connectivity index (χ4n) is 4.18. The lowest BCUT2D eigenvalue weighted by atomic mass is 9.96. The fraction of sp³-hybridized carbons (Fsp3) is 0.345. The first kappa shape index (κ1) is 26.0. The van der Waals surface area contributed by atoms with Crippen LogP contribution in [-0.2, 0) is 43.6 Å². The third-order valence-corrected chi connectivity index (χ3v) is 5.98. The number of hydrogen-bond acceptors (Lipinski definition) is 6. The molecule has 4 rings (SSSR count). The molecule has 1 aliphatic rings. The normalized spacial score (nSPS) is 23.8. The number of aliphatic hydroxyl groups excluding tert-OH is 1. The second-order valence-corrected chi connectivity index (χ2v) is 8.82. The Hall–Kier alpha value is -3.07. The van der Waals surface area contributed by atoms with Gasteiger partial charge in [0.25, 0.3) is 0 Å². The summed E-state index contributed by atoms with van der Waals surface area (Å²) in [5.41, 5.74) is 2.95. The predicted molar refractivity (Wildman–Crippen MR) is 135 cm³/mol. The Morgan fingerprint density at radius 3 is 1.83 bits per heavy atom. The molecule has 36 heavy (non-hydrogen) atoms. The lowest BCUT2D eigenvalue weighted by molar-refractivity contribution is -0.285. The number of aliphatic hydroxyl groups is 1. The van der Waals surface area contributed by atoms with Gasteiger partial charge in [-0.2, -0.15) is 0 Å². The zero-order chi connectivity index (χ0) is 25.2. The summed E-state index contributed by atoms with van der Waals surface area (Å²) in [7, 11) is 0. The molecule has 0 aliphatic carbocycles. The van der Waals surface area contributed by atoms with Gasteiger partial charge in [-0.15, -0.1) is 0 Å². The number of carbonyl (C=O) groups is 1. The maximum Gasteiger partial charge on any atom is 0.217 e. The van der Waals surface area contributed by atoms with Crippen molar-refractivity contribution in [3.8, 4) is 0 Å². The van der Waals surface area contributed by atoms with Gasteiger partial charge in [-0.05, 0) is 16.7 Å². The number of rotatable bonds is 11. The quantitative estimate of drug-likeness (QED) is 0.426. The van der Waals surface area contributed by atoms with Crippen molar-refractivity contribution >= 4 is 5.91 Å². The number of hydrogen-bond donors (Lipinski definition) is 2. The van der Waals surface area contributed by atoms with Crippen molar-refractivity contribution < 1.29 is 28.8 Å². The van der Waals surface area contributed by atoms with Gasteiger partial charge in [0.2, 0.25) is 5.91 Å². The van der Waals surface area contributed by atoms with Crippen LogP contribution in [0.3, 0.4) is 0 Å². The number of ether oxygens (including phenoxy) is 4.